The highest BCUT2D eigenvalue weighted by Gasteiger charge is 2.20. The maximum Gasteiger partial charge on any atom is 0.0342 e. The van der Waals surface area contributed by atoms with Crippen molar-refractivity contribution < 1.29 is 0 Å². The van der Waals surface area contributed by atoms with Gasteiger partial charge in [-0.3, -0.25) is 0 Å². The first-order chi connectivity index (χ1) is 8.84. The largest absolute Gasteiger partial charge is 0.314 e. The van der Waals surface area contributed by atoms with Crippen LogP contribution in [0.2, 0.25) is 0 Å². The van der Waals surface area contributed by atoms with E-state index in [0.29, 0.717) is 0 Å². The highest BCUT2D eigenvalue weighted by atomic mass is 15.2. The molecule has 1 aliphatic heterocycles. The molecule has 0 aromatic heterocycles. The number of hydrogen-bond acceptors (Lipinski definition) is 2. The molecule has 0 amide bonds. The summed E-state index contributed by atoms with van der Waals surface area (Å²) in [5, 5.41) is 6.08. The molecule has 0 atom stereocenters. The smallest absolute Gasteiger partial charge is 0.0342 e. The van der Waals surface area contributed by atoms with Crippen molar-refractivity contribution in [3.63, 3.8) is 0 Å². The molecule has 1 saturated heterocycles. The third-order valence-electron chi connectivity index (χ3n) is 4.00. The second-order valence-corrected chi connectivity index (χ2v) is 5.18. The minimum Gasteiger partial charge on any atom is -0.314 e. The van der Waals surface area contributed by atoms with Crippen LogP contribution in [0.25, 0.3) is 10.8 Å². The molecule has 3 rings (SSSR count). The van der Waals surface area contributed by atoms with E-state index in [1.54, 1.807) is 0 Å². The van der Waals surface area contributed by atoms with E-state index >= 15 is 0 Å². The fourth-order valence-electron chi connectivity index (χ4n) is 2.57. The van der Waals surface area contributed by atoms with E-state index in [4.69, 9.17) is 0 Å². The van der Waals surface area contributed by atoms with Gasteiger partial charge in [0.15, 0.2) is 0 Å². The van der Waals surface area contributed by atoms with Crippen LogP contribution < -0.4 is 5.32 Å². The van der Waals surface area contributed by atoms with Gasteiger partial charge >= 0.3 is 0 Å². The van der Waals surface area contributed by atoms with Crippen LogP contribution >= 0.6 is 0 Å². The van der Waals surface area contributed by atoms with Gasteiger partial charge in [-0.15, -0.1) is 0 Å². The zero-order chi connectivity index (χ0) is 12.4. The van der Waals surface area contributed by atoms with Crippen LogP contribution in [-0.2, 0) is 6.42 Å². The maximum atomic E-state index is 3.33. The molecule has 1 aliphatic rings. The summed E-state index contributed by atoms with van der Waals surface area (Å²) in [5.41, 5.74) is 1.47. The Morgan fingerprint density at radius 2 is 1.89 bits per heavy atom. The molecule has 0 aliphatic carbocycles. The zero-order valence-corrected chi connectivity index (χ0v) is 10.9. The van der Waals surface area contributed by atoms with Crippen LogP contribution in [0.5, 0.6) is 0 Å². The summed E-state index contributed by atoms with van der Waals surface area (Å²) < 4.78 is 0. The van der Waals surface area contributed by atoms with Gasteiger partial charge < -0.3 is 10.2 Å². The zero-order valence-electron chi connectivity index (χ0n) is 10.9. The Hall–Kier alpha value is -1.38. The van der Waals surface area contributed by atoms with E-state index in [-0.39, 0.29) is 0 Å². The Bertz CT molecular complexity index is 526. The fourth-order valence-corrected chi connectivity index (χ4v) is 2.57. The highest BCUT2D eigenvalue weighted by molar-refractivity contribution is 5.85. The van der Waals surface area contributed by atoms with E-state index in [1.165, 1.54) is 16.3 Å². The molecule has 0 saturated carbocycles. The van der Waals surface area contributed by atoms with Gasteiger partial charge in [0.2, 0.25) is 0 Å². The van der Waals surface area contributed by atoms with Crippen LogP contribution in [0.1, 0.15) is 5.56 Å². The molecule has 1 N–H and O–H groups in total. The Labute approximate surface area is 109 Å². The lowest BCUT2D eigenvalue weighted by Gasteiger charge is -2.35. The SMILES string of the molecule is CN(CCc1cccc2ccccc12)C1CNC1. The molecule has 2 aromatic carbocycles. The summed E-state index contributed by atoms with van der Waals surface area (Å²) in [6, 6.07) is 16.0. The molecule has 2 heteroatoms. The quantitative estimate of drug-likeness (QED) is 0.882. The number of nitrogens with one attached hydrogen (secondary N) is 1. The Morgan fingerprint density at radius 3 is 2.67 bits per heavy atom. The lowest BCUT2D eigenvalue weighted by atomic mass is 10.0. The van der Waals surface area contributed by atoms with Crippen LogP contribution in [0.4, 0.5) is 0 Å². The second kappa shape index (κ2) is 5.09. The molecule has 2 aromatic rings. The number of fused-ring (bicyclic) bond motifs is 1. The first-order valence-corrected chi connectivity index (χ1v) is 6.72. The minimum absolute atomic E-state index is 0.736. The average Bonchev–Trinajstić information content (AvgIpc) is 2.34. The summed E-state index contributed by atoms with van der Waals surface area (Å²) in [7, 11) is 2.23. The molecule has 94 valence electrons. The molecular formula is C16H20N2. The van der Waals surface area contributed by atoms with Crippen molar-refractivity contribution in [2.75, 3.05) is 26.7 Å². The first kappa shape index (κ1) is 11.7. The number of hydrogen-bond donors (Lipinski definition) is 1. The number of rotatable bonds is 4. The van der Waals surface area contributed by atoms with Gasteiger partial charge in [0.05, 0.1) is 0 Å². The molecular weight excluding hydrogens is 220 g/mol. The van der Waals surface area contributed by atoms with E-state index in [1.807, 2.05) is 0 Å². The van der Waals surface area contributed by atoms with Gasteiger partial charge in [-0.2, -0.15) is 0 Å². The Kier molecular flexibility index (Phi) is 3.31. The third-order valence-corrected chi connectivity index (χ3v) is 4.00. The maximum absolute atomic E-state index is 3.33. The van der Waals surface area contributed by atoms with Crippen LogP contribution in [-0.4, -0.2) is 37.6 Å². The average molecular weight is 240 g/mol. The van der Waals surface area contributed by atoms with Crippen molar-refractivity contribution in [3.8, 4) is 0 Å². The summed E-state index contributed by atoms with van der Waals surface area (Å²) in [6.07, 6.45) is 1.13. The monoisotopic (exact) mass is 240 g/mol. The lowest BCUT2D eigenvalue weighted by molar-refractivity contribution is 0.182. The normalized spacial score (nSPS) is 16.1. The number of nitrogens with zero attached hydrogens (tertiary/aromatic N) is 1. The van der Waals surface area contributed by atoms with Crippen molar-refractivity contribution in [3.05, 3.63) is 48.0 Å². The fraction of sp³-hybridized carbons (Fsp3) is 0.375. The van der Waals surface area contributed by atoms with Gasteiger partial charge in [-0.05, 0) is 29.8 Å². The summed E-state index contributed by atoms with van der Waals surface area (Å²) in [5.74, 6) is 0. The summed E-state index contributed by atoms with van der Waals surface area (Å²) in [4.78, 5) is 2.47. The molecule has 0 bridgehead atoms. The first-order valence-electron chi connectivity index (χ1n) is 6.72. The van der Waals surface area contributed by atoms with E-state index in [0.717, 1.165) is 32.1 Å². The summed E-state index contributed by atoms with van der Waals surface area (Å²) in [6.45, 7) is 3.43. The molecule has 2 nitrogen and oxygen atoms in total. The lowest BCUT2D eigenvalue weighted by Crippen LogP contribution is -2.56. The standard InChI is InChI=1S/C16H20N2/c1-18(15-11-17-12-15)10-9-14-7-4-6-13-5-2-3-8-16(13)14/h2-8,15,17H,9-12H2,1H3. The van der Waals surface area contributed by atoms with Crippen molar-refractivity contribution in [2.45, 2.75) is 12.5 Å². The number of likely N-dealkylation sites (N-methyl/N-ethyl adjacent to an activating group) is 1. The van der Waals surface area contributed by atoms with Crippen molar-refractivity contribution >= 4 is 10.8 Å². The van der Waals surface area contributed by atoms with Crippen LogP contribution in [0.15, 0.2) is 42.5 Å². The molecule has 18 heavy (non-hydrogen) atoms. The molecule has 1 heterocycles. The highest BCUT2D eigenvalue weighted by Crippen LogP contribution is 2.19. The van der Waals surface area contributed by atoms with E-state index in [9.17, 15) is 0 Å². The van der Waals surface area contributed by atoms with Crippen LogP contribution in [0.3, 0.4) is 0 Å². The van der Waals surface area contributed by atoms with Gasteiger partial charge in [0.1, 0.15) is 0 Å². The van der Waals surface area contributed by atoms with E-state index in [2.05, 4.69) is 59.7 Å². The topological polar surface area (TPSA) is 15.3 Å². The summed E-state index contributed by atoms with van der Waals surface area (Å²) >= 11 is 0. The molecule has 0 radical (unpaired) electrons. The van der Waals surface area contributed by atoms with Gasteiger partial charge in [-0.25, -0.2) is 0 Å². The third kappa shape index (κ3) is 2.26. The second-order valence-electron chi connectivity index (χ2n) is 5.18. The predicted octanol–water partition coefficient (Wildman–Crippen LogP) is 2.29. The van der Waals surface area contributed by atoms with Gasteiger partial charge in [0, 0.05) is 25.7 Å². The molecule has 0 unspecified atom stereocenters. The molecule has 0 spiro atoms. The van der Waals surface area contributed by atoms with E-state index < -0.39 is 0 Å². The van der Waals surface area contributed by atoms with Crippen LogP contribution in [0, 0.1) is 0 Å². The number of benzene rings is 2. The minimum atomic E-state index is 0.736. The van der Waals surface area contributed by atoms with Gasteiger partial charge in [-0.1, -0.05) is 42.5 Å². The van der Waals surface area contributed by atoms with Crippen molar-refractivity contribution in [1.82, 2.24) is 10.2 Å². The Balaban J connectivity index is 1.74. The van der Waals surface area contributed by atoms with Crippen molar-refractivity contribution in [2.24, 2.45) is 0 Å². The van der Waals surface area contributed by atoms with Crippen molar-refractivity contribution in [1.29, 1.82) is 0 Å². The molecule has 1 fully saturated rings. The Morgan fingerprint density at radius 1 is 1.11 bits per heavy atom. The van der Waals surface area contributed by atoms with Gasteiger partial charge in [0.25, 0.3) is 0 Å². The predicted molar refractivity (Wildman–Crippen MR) is 76.9 cm³/mol.